The van der Waals surface area contributed by atoms with Crippen molar-refractivity contribution in [3.05, 3.63) is 11.6 Å². The van der Waals surface area contributed by atoms with E-state index in [-0.39, 0.29) is 12.1 Å². The molecule has 0 bridgehead atoms. The van der Waals surface area contributed by atoms with Gasteiger partial charge >= 0.3 is 5.97 Å². The lowest BCUT2D eigenvalue weighted by Crippen LogP contribution is -2.51. The zero-order valence-electron chi connectivity index (χ0n) is 25.3. The SMILES string of the molecule is CC(=O)OC1CC[C@@]2(C)C(=CCC3C4CCC(C(C)CCCC(C)C)[C@@]4(C)CCC32)C1.CCCCC. The number of rotatable bonds is 8. The van der Waals surface area contributed by atoms with E-state index in [2.05, 4.69) is 54.5 Å². The topological polar surface area (TPSA) is 26.3 Å². The van der Waals surface area contributed by atoms with Crippen LogP contribution < -0.4 is 0 Å². The van der Waals surface area contributed by atoms with E-state index < -0.39 is 0 Å². The molecule has 4 aliphatic rings. The second-order valence-corrected chi connectivity index (χ2v) is 14.1. The van der Waals surface area contributed by atoms with Gasteiger partial charge in [0.25, 0.3) is 0 Å². The van der Waals surface area contributed by atoms with E-state index in [1.807, 2.05) is 0 Å². The Bertz CT molecular complexity index is 735. The molecule has 2 nitrogen and oxygen atoms in total. The fraction of sp³-hybridized carbons (Fsp3) is 0.912. The maximum atomic E-state index is 11.5. The number of esters is 1. The minimum absolute atomic E-state index is 0.115. The lowest BCUT2D eigenvalue weighted by atomic mass is 9.47. The summed E-state index contributed by atoms with van der Waals surface area (Å²) in [5.74, 6) is 5.19. The summed E-state index contributed by atoms with van der Waals surface area (Å²) in [6.07, 6.45) is 21.3. The number of carbonyl (C=O) groups excluding carboxylic acids is 1. The number of hydrogen-bond acceptors (Lipinski definition) is 2. The van der Waals surface area contributed by atoms with Crippen molar-refractivity contribution in [2.24, 2.45) is 46.3 Å². The molecular weight excluding hydrogens is 440 g/mol. The minimum atomic E-state index is -0.115. The zero-order chi connectivity index (χ0) is 26.5. The monoisotopic (exact) mass is 500 g/mol. The fourth-order valence-corrected chi connectivity index (χ4v) is 9.34. The maximum Gasteiger partial charge on any atom is 0.302 e. The van der Waals surface area contributed by atoms with Crippen LogP contribution in [-0.2, 0) is 9.53 Å². The molecule has 4 aliphatic carbocycles. The molecule has 6 unspecified atom stereocenters. The van der Waals surface area contributed by atoms with Crippen molar-refractivity contribution in [2.75, 3.05) is 0 Å². The number of allylic oxidation sites excluding steroid dienone is 1. The summed E-state index contributed by atoms with van der Waals surface area (Å²) in [6.45, 7) is 18.5. The molecule has 36 heavy (non-hydrogen) atoms. The third kappa shape index (κ3) is 6.43. The molecule has 0 amide bonds. The molecule has 0 aliphatic heterocycles. The summed E-state index contributed by atoms with van der Waals surface area (Å²) >= 11 is 0. The van der Waals surface area contributed by atoms with Crippen molar-refractivity contribution in [2.45, 2.75) is 151 Å². The van der Waals surface area contributed by atoms with Gasteiger partial charge in [0.15, 0.2) is 0 Å². The molecule has 0 saturated heterocycles. The molecule has 0 heterocycles. The Labute approximate surface area is 224 Å². The minimum Gasteiger partial charge on any atom is -0.462 e. The van der Waals surface area contributed by atoms with Crippen LogP contribution in [0.25, 0.3) is 0 Å². The molecule has 8 atom stereocenters. The van der Waals surface area contributed by atoms with Crippen LogP contribution in [-0.4, -0.2) is 12.1 Å². The van der Waals surface area contributed by atoms with Gasteiger partial charge in [-0.15, -0.1) is 0 Å². The van der Waals surface area contributed by atoms with Crippen LogP contribution in [0.4, 0.5) is 0 Å². The first-order chi connectivity index (χ1) is 17.1. The molecular formula is C34H60O2. The van der Waals surface area contributed by atoms with Crippen LogP contribution >= 0.6 is 0 Å². The zero-order valence-corrected chi connectivity index (χ0v) is 25.3. The van der Waals surface area contributed by atoms with Crippen molar-refractivity contribution in [3.63, 3.8) is 0 Å². The van der Waals surface area contributed by atoms with Gasteiger partial charge in [-0.2, -0.15) is 0 Å². The Kier molecular flexibility index (Phi) is 10.6. The number of hydrogen-bond donors (Lipinski definition) is 0. The summed E-state index contributed by atoms with van der Waals surface area (Å²) in [4.78, 5) is 11.5. The third-order valence-corrected chi connectivity index (χ3v) is 11.3. The van der Waals surface area contributed by atoms with E-state index in [1.54, 1.807) is 12.5 Å². The first kappa shape index (κ1) is 29.8. The molecule has 3 saturated carbocycles. The molecule has 0 N–H and O–H groups in total. The van der Waals surface area contributed by atoms with Crippen LogP contribution in [0, 0.1) is 46.3 Å². The number of ether oxygens (including phenoxy) is 1. The predicted molar refractivity (Wildman–Crippen MR) is 154 cm³/mol. The second kappa shape index (κ2) is 12.8. The van der Waals surface area contributed by atoms with Gasteiger partial charge in [-0.25, -0.2) is 0 Å². The number of unbranched alkanes of at least 4 members (excludes halogenated alkanes) is 2. The highest BCUT2D eigenvalue weighted by Crippen LogP contribution is 2.67. The second-order valence-electron chi connectivity index (χ2n) is 14.1. The maximum absolute atomic E-state index is 11.5. The van der Waals surface area contributed by atoms with Crippen molar-refractivity contribution < 1.29 is 9.53 Å². The van der Waals surface area contributed by atoms with Gasteiger partial charge in [-0.1, -0.05) is 98.6 Å². The lowest BCUT2D eigenvalue weighted by molar-refractivity contribution is -0.148. The van der Waals surface area contributed by atoms with Crippen LogP contribution in [0.1, 0.15) is 145 Å². The Morgan fingerprint density at radius 1 is 0.972 bits per heavy atom. The Morgan fingerprint density at radius 3 is 2.31 bits per heavy atom. The van der Waals surface area contributed by atoms with Crippen LogP contribution in [0.15, 0.2) is 11.6 Å². The Balaban J connectivity index is 0.000000658. The van der Waals surface area contributed by atoms with Gasteiger partial charge in [-0.05, 0) is 91.3 Å². The van der Waals surface area contributed by atoms with Gasteiger partial charge in [-0.3, -0.25) is 4.79 Å². The molecule has 2 heteroatoms. The summed E-state index contributed by atoms with van der Waals surface area (Å²) in [5.41, 5.74) is 2.53. The third-order valence-electron chi connectivity index (χ3n) is 11.3. The molecule has 0 spiro atoms. The van der Waals surface area contributed by atoms with Gasteiger partial charge < -0.3 is 4.74 Å². The fourth-order valence-electron chi connectivity index (χ4n) is 9.34. The largest absolute Gasteiger partial charge is 0.462 e. The Hall–Kier alpha value is -0.790. The summed E-state index contributed by atoms with van der Waals surface area (Å²) < 4.78 is 5.61. The highest BCUT2D eigenvalue weighted by molar-refractivity contribution is 5.66. The highest BCUT2D eigenvalue weighted by Gasteiger charge is 2.59. The van der Waals surface area contributed by atoms with E-state index >= 15 is 0 Å². The van der Waals surface area contributed by atoms with Crippen molar-refractivity contribution in [3.8, 4) is 0 Å². The van der Waals surface area contributed by atoms with Gasteiger partial charge in [0.1, 0.15) is 6.10 Å². The van der Waals surface area contributed by atoms with Crippen LogP contribution in [0.3, 0.4) is 0 Å². The number of carbonyl (C=O) groups is 1. The summed E-state index contributed by atoms with van der Waals surface area (Å²) in [7, 11) is 0. The normalized spacial score (nSPS) is 38.1. The molecule has 4 rings (SSSR count). The van der Waals surface area contributed by atoms with Crippen molar-refractivity contribution in [1.82, 2.24) is 0 Å². The average Bonchev–Trinajstić information content (AvgIpc) is 3.17. The number of fused-ring (bicyclic) bond motifs is 5. The molecule has 208 valence electrons. The lowest BCUT2D eigenvalue weighted by Gasteiger charge is -2.58. The van der Waals surface area contributed by atoms with Crippen LogP contribution in [0.5, 0.6) is 0 Å². The van der Waals surface area contributed by atoms with E-state index in [1.165, 1.54) is 77.0 Å². The van der Waals surface area contributed by atoms with E-state index in [9.17, 15) is 4.79 Å². The van der Waals surface area contributed by atoms with Gasteiger partial charge in [0, 0.05) is 13.3 Å². The summed E-state index contributed by atoms with van der Waals surface area (Å²) in [6, 6.07) is 0. The van der Waals surface area contributed by atoms with Crippen molar-refractivity contribution in [1.29, 1.82) is 0 Å². The molecule has 0 aromatic carbocycles. The van der Waals surface area contributed by atoms with E-state index in [0.29, 0.717) is 10.8 Å². The first-order valence-corrected chi connectivity index (χ1v) is 15.9. The average molecular weight is 501 g/mol. The van der Waals surface area contributed by atoms with Crippen molar-refractivity contribution >= 4 is 5.97 Å². The van der Waals surface area contributed by atoms with Crippen LogP contribution in [0.2, 0.25) is 0 Å². The predicted octanol–water partition coefficient (Wildman–Crippen LogP) is 10.2. The molecule has 0 aromatic heterocycles. The first-order valence-electron chi connectivity index (χ1n) is 15.9. The van der Waals surface area contributed by atoms with Gasteiger partial charge in [0.2, 0.25) is 0 Å². The van der Waals surface area contributed by atoms with Gasteiger partial charge in [0.05, 0.1) is 0 Å². The Morgan fingerprint density at radius 2 is 1.69 bits per heavy atom. The summed E-state index contributed by atoms with van der Waals surface area (Å²) in [5, 5.41) is 0. The standard InChI is InChI=1S/C29H48O2.C5H12/c1-19(2)8-7-9-20(3)25-12-13-26-24-11-10-22-18-23(31-21(4)30)14-16-28(22,5)27(24)15-17-29(25,26)6;1-3-5-4-2/h10,19-20,23-27H,7-9,11-18H2,1-6H3;3-5H2,1-2H3/t20?,23?,24?,25?,26?,27?,28-,29+;/m0./s1. The smallest absolute Gasteiger partial charge is 0.302 e. The molecule has 3 fully saturated rings. The molecule has 0 aromatic rings. The molecule has 0 radical (unpaired) electrons. The van der Waals surface area contributed by atoms with E-state index in [4.69, 9.17) is 4.74 Å². The quantitative estimate of drug-likeness (QED) is 0.245. The highest BCUT2D eigenvalue weighted by atomic mass is 16.5. The van der Waals surface area contributed by atoms with E-state index in [0.717, 1.165) is 48.3 Å².